The number of alkyl halides is 3. The molecule has 160 valence electrons. The van der Waals surface area contributed by atoms with Gasteiger partial charge in [0.1, 0.15) is 11.6 Å². The SMILES string of the molecule is CC(C)C[C@H](N[C@@H](c1ccc(-c2cn[nH]c2)cc1)C(F)(F)F)C(=O)NC1(C#N)CC1. The van der Waals surface area contributed by atoms with Gasteiger partial charge in [-0.2, -0.15) is 23.5 Å². The van der Waals surface area contributed by atoms with Gasteiger partial charge < -0.3 is 5.32 Å². The summed E-state index contributed by atoms with van der Waals surface area (Å²) in [6, 6.07) is 4.93. The van der Waals surface area contributed by atoms with E-state index >= 15 is 0 Å². The fourth-order valence-corrected chi connectivity index (χ4v) is 3.29. The van der Waals surface area contributed by atoms with Crippen molar-refractivity contribution in [3.8, 4) is 17.2 Å². The first-order valence-corrected chi connectivity index (χ1v) is 9.79. The van der Waals surface area contributed by atoms with Crippen LogP contribution in [0.15, 0.2) is 36.7 Å². The van der Waals surface area contributed by atoms with Crippen LogP contribution >= 0.6 is 0 Å². The van der Waals surface area contributed by atoms with Crippen LogP contribution in [0.4, 0.5) is 13.2 Å². The standard InChI is InChI=1S/C21H24F3N5O/c1-13(2)9-17(19(30)29-20(12-25)7-8-20)28-18(21(22,23)24)15-5-3-14(4-6-15)16-10-26-27-11-16/h3-6,10-11,13,17-18,28H,7-9H2,1-2H3,(H,26,27)(H,29,30)/t17-,18-/m0/s1. The normalized spacial score (nSPS) is 17.2. The number of carbonyl (C=O) groups excluding carboxylic acids is 1. The molecule has 0 aliphatic heterocycles. The summed E-state index contributed by atoms with van der Waals surface area (Å²) in [5.41, 5.74) is 0.571. The maximum absolute atomic E-state index is 13.9. The Morgan fingerprint density at radius 2 is 1.93 bits per heavy atom. The Labute approximate surface area is 172 Å². The number of amides is 1. The molecule has 1 aromatic heterocycles. The van der Waals surface area contributed by atoms with E-state index in [1.54, 1.807) is 24.5 Å². The summed E-state index contributed by atoms with van der Waals surface area (Å²) in [7, 11) is 0. The number of rotatable bonds is 8. The average molecular weight is 419 g/mol. The van der Waals surface area contributed by atoms with Crippen molar-refractivity contribution in [3.63, 3.8) is 0 Å². The topological polar surface area (TPSA) is 93.6 Å². The number of hydrogen-bond donors (Lipinski definition) is 3. The van der Waals surface area contributed by atoms with E-state index in [4.69, 9.17) is 0 Å². The van der Waals surface area contributed by atoms with Gasteiger partial charge in [0.15, 0.2) is 0 Å². The molecule has 3 rings (SSSR count). The van der Waals surface area contributed by atoms with Gasteiger partial charge in [-0.3, -0.25) is 15.2 Å². The Kier molecular flexibility index (Phi) is 6.17. The molecule has 0 unspecified atom stereocenters. The van der Waals surface area contributed by atoms with Crippen LogP contribution in [0.25, 0.3) is 11.1 Å². The number of carbonyl (C=O) groups is 1. The highest BCUT2D eigenvalue weighted by Crippen LogP contribution is 2.36. The summed E-state index contributed by atoms with van der Waals surface area (Å²) in [5, 5.41) is 20.8. The molecule has 0 saturated heterocycles. The number of aromatic nitrogens is 2. The van der Waals surface area contributed by atoms with Crippen LogP contribution in [0, 0.1) is 17.2 Å². The molecule has 1 saturated carbocycles. The Morgan fingerprint density at radius 3 is 2.40 bits per heavy atom. The largest absolute Gasteiger partial charge is 0.407 e. The van der Waals surface area contributed by atoms with Crippen molar-refractivity contribution >= 4 is 5.91 Å². The maximum Gasteiger partial charge on any atom is 0.407 e. The second kappa shape index (κ2) is 8.48. The molecule has 1 aromatic carbocycles. The molecule has 30 heavy (non-hydrogen) atoms. The van der Waals surface area contributed by atoms with E-state index < -0.39 is 29.7 Å². The van der Waals surface area contributed by atoms with Crippen molar-refractivity contribution in [3.05, 3.63) is 42.2 Å². The Bertz CT molecular complexity index is 896. The fourth-order valence-electron chi connectivity index (χ4n) is 3.29. The van der Waals surface area contributed by atoms with Crippen LogP contribution in [0.3, 0.4) is 0 Å². The first-order valence-electron chi connectivity index (χ1n) is 9.79. The van der Waals surface area contributed by atoms with E-state index in [0.717, 1.165) is 11.1 Å². The molecule has 0 bridgehead atoms. The molecule has 1 heterocycles. The molecule has 6 nitrogen and oxygen atoms in total. The van der Waals surface area contributed by atoms with Gasteiger partial charge in [-0.15, -0.1) is 0 Å². The van der Waals surface area contributed by atoms with Crippen LogP contribution in [0.1, 0.15) is 44.7 Å². The molecule has 2 atom stereocenters. The zero-order valence-corrected chi connectivity index (χ0v) is 16.8. The molecule has 1 amide bonds. The van der Waals surface area contributed by atoms with Crippen molar-refractivity contribution in [1.82, 2.24) is 20.8 Å². The fraction of sp³-hybridized carbons (Fsp3) is 0.476. The average Bonchev–Trinajstić information content (AvgIpc) is 3.23. The lowest BCUT2D eigenvalue weighted by molar-refractivity contribution is -0.161. The van der Waals surface area contributed by atoms with E-state index in [1.807, 2.05) is 19.9 Å². The number of nitrogens with zero attached hydrogens (tertiary/aromatic N) is 2. The van der Waals surface area contributed by atoms with E-state index in [-0.39, 0.29) is 17.9 Å². The van der Waals surface area contributed by atoms with Crippen molar-refractivity contribution in [2.45, 2.75) is 56.9 Å². The molecule has 1 fully saturated rings. The summed E-state index contributed by atoms with van der Waals surface area (Å²) in [6.07, 6.45) is -0.114. The first kappa shape index (κ1) is 21.8. The molecule has 1 aliphatic carbocycles. The highest BCUT2D eigenvalue weighted by molar-refractivity contribution is 5.83. The highest BCUT2D eigenvalue weighted by Gasteiger charge is 2.47. The lowest BCUT2D eigenvalue weighted by Crippen LogP contribution is -2.52. The summed E-state index contributed by atoms with van der Waals surface area (Å²) in [5.74, 6) is -0.588. The second-order valence-corrected chi connectivity index (χ2v) is 8.12. The summed E-state index contributed by atoms with van der Waals surface area (Å²) in [6.45, 7) is 3.67. The van der Waals surface area contributed by atoms with Gasteiger partial charge in [0, 0.05) is 11.8 Å². The Balaban J connectivity index is 1.82. The quantitative estimate of drug-likeness (QED) is 0.606. The van der Waals surface area contributed by atoms with E-state index in [0.29, 0.717) is 12.8 Å². The van der Waals surface area contributed by atoms with Gasteiger partial charge in [0.2, 0.25) is 5.91 Å². The van der Waals surface area contributed by atoms with E-state index in [1.165, 1.54) is 12.1 Å². The molecule has 0 radical (unpaired) electrons. The molecule has 2 aromatic rings. The number of aromatic amines is 1. The van der Waals surface area contributed by atoms with Crippen LogP contribution in [-0.2, 0) is 4.79 Å². The maximum atomic E-state index is 13.9. The molecule has 0 spiro atoms. The molecular formula is C21H24F3N5O. The van der Waals surface area contributed by atoms with Crippen molar-refractivity contribution in [2.75, 3.05) is 0 Å². The van der Waals surface area contributed by atoms with Crippen LogP contribution in [0.2, 0.25) is 0 Å². The predicted octanol–water partition coefficient (Wildman–Crippen LogP) is 3.86. The van der Waals surface area contributed by atoms with Gasteiger partial charge in [0.25, 0.3) is 0 Å². The number of hydrogen-bond acceptors (Lipinski definition) is 4. The number of nitrogens with one attached hydrogen (secondary N) is 3. The summed E-state index contributed by atoms with van der Waals surface area (Å²) < 4.78 is 41.7. The van der Waals surface area contributed by atoms with Gasteiger partial charge in [-0.1, -0.05) is 38.1 Å². The number of halogens is 3. The first-order chi connectivity index (χ1) is 14.1. The molecule has 1 aliphatic rings. The third kappa shape index (κ3) is 5.19. The van der Waals surface area contributed by atoms with Crippen molar-refractivity contribution < 1.29 is 18.0 Å². The smallest absolute Gasteiger partial charge is 0.336 e. The van der Waals surface area contributed by atoms with Crippen LogP contribution in [-0.4, -0.2) is 33.9 Å². The van der Waals surface area contributed by atoms with Gasteiger partial charge >= 0.3 is 6.18 Å². The zero-order chi connectivity index (χ0) is 21.9. The highest BCUT2D eigenvalue weighted by atomic mass is 19.4. The number of benzene rings is 1. The Morgan fingerprint density at radius 1 is 1.27 bits per heavy atom. The lowest BCUT2D eigenvalue weighted by Gasteiger charge is -2.29. The van der Waals surface area contributed by atoms with Crippen LogP contribution < -0.4 is 10.6 Å². The van der Waals surface area contributed by atoms with E-state index in [9.17, 15) is 23.2 Å². The van der Waals surface area contributed by atoms with Crippen molar-refractivity contribution in [1.29, 1.82) is 5.26 Å². The predicted molar refractivity (Wildman–Crippen MR) is 105 cm³/mol. The lowest BCUT2D eigenvalue weighted by atomic mass is 9.98. The third-order valence-corrected chi connectivity index (χ3v) is 5.12. The third-order valence-electron chi connectivity index (χ3n) is 5.12. The Hall–Kier alpha value is -2.86. The van der Waals surface area contributed by atoms with Crippen LogP contribution in [0.5, 0.6) is 0 Å². The number of H-pyrrole nitrogens is 1. The zero-order valence-electron chi connectivity index (χ0n) is 16.8. The minimum atomic E-state index is -4.60. The molecule has 3 N–H and O–H groups in total. The van der Waals surface area contributed by atoms with Gasteiger partial charge in [-0.25, -0.2) is 0 Å². The van der Waals surface area contributed by atoms with Crippen molar-refractivity contribution in [2.24, 2.45) is 5.92 Å². The molecule has 9 heteroatoms. The van der Waals surface area contributed by atoms with Gasteiger partial charge in [0.05, 0.1) is 18.3 Å². The minimum absolute atomic E-state index is 0.0113. The molecular weight excluding hydrogens is 395 g/mol. The minimum Gasteiger partial charge on any atom is -0.336 e. The van der Waals surface area contributed by atoms with E-state index in [2.05, 4.69) is 20.8 Å². The number of nitriles is 1. The summed E-state index contributed by atoms with van der Waals surface area (Å²) in [4.78, 5) is 12.7. The monoisotopic (exact) mass is 419 g/mol. The van der Waals surface area contributed by atoms with Gasteiger partial charge in [-0.05, 0) is 36.3 Å². The summed E-state index contributed by atoms with van der Waals surface area (Å²) >= 11 is 0. The second-order valence-electron chi connectivity index (χ2n) is 8.12.